The molecule has 28 heavy (non-hydrogen) atoms. The van der Waals surface area contributed by atoms with Crippen LogP contribution in [-0.2, 0) is 14.4 Å². The van der Waals surface area contributed by atoms with Gasteiger partial charge in [0.25, 0.3) is 0 Å². The fourth-order valence-electron chi connectivity index (χ4n) is 2.51. The molecule has 7 heteroatoms. The number of carbonyl (C=O) groups is 3. The number of anilines is 2. The average molecular weight is 402 g/mol. The number of hydrogen-bond acceptors (Lipinski definition) is 3. The molecule has 6 nitrogen and oxygen atoms in total. The van der Waals surface area contributed by atoms with Gasteiger partial charge in [-0.25, -0.2) is 0 Å². The van der Waals surface area contributed by atoms with E-state index in [4.69, 9.17) is 11.6 Å². The van der Waals surface area contributed by atoms with Crippen LogP contribution < -0.4 is 16.0 Å². The van der Waals surface area contributed by atoms with Gasteiger partial charge in [0.2, 0.25) is 17.7 Å². The van der Waals surface area contributed by atoms with Crippen LogP contribution in [0.1, 0.15) is 38.8 Å². The molecule has 0 bridgehead atoms. The Kier molecular flexibility index (Phi) is 7.58. The normalized spacial score (nSPS) is 11.6. The lowest BCUT2D eigenvalue weighted by molar-refractivity contribution is -0.121. The van der Waals surface area contributed by atoms with E-state index in [0.29, 0.717) is 16.4 Å². The first kappa shape index (κ1) is 21.4. The molecule has 0 saturated heterocycles. The van der Waals surface area contributed by atoms with Gasteiger partial charge in [0, 0.05) is 29.2 Å². The van der Waals surface area contributed by atoms with Gasteiger partial charge in [-0.3, -0.25) is 14.4 Å². The van der Waals surface area contributed by atoms with Crippen LogP contribution >= 0.6 is 11.6 Å². The summed E-state index contributed by atoms with van der Waals surface area (Å²) in [6.07, 6.45) is 0.0764. The Balaban J connectivity index is 2.00. The van der Waals surface area contributed by atoms with Gasteiger partial charge in [0.1, 0.15) is 0 Å². The second-order valence-electron chi connectivity index (χ2n) is 6.78. The standard InChI is InChI=1S/C21H24ClN3O3/c1-13(2)21(28)25-18-10-8-17(9-11-18)24-20(27)12-19(23-14(3)26)15-4-6-16(22)7-5-15/h4-11,13,19H,12H2,1-3H3,(H,23,26)(H,24,27)(H,25,28). The van der Waals surface area contributed by atoms with Crippen LogP contribution in [0.15, 0.2) is 48.5 Å². The van der Waals surface area contributed by atoms with Gasteiger partial charge in [-0.05, 0) is 42.0 Å². The second kappa shape index (κ2) is 9.90. The number of benzene rings is 2. The third-order valence-corrected chi connectivity index (χ3v) is 4.25. The molecule has 2 aromatic carbocycles. The van der Waals surface area contributed by atoms with Gasteiger partial charge in [0.15, 0.2) is 0 Å². The van der Waals surface area contributed by atoms with E-state index >= 15 is 0 Å². The van der Waals surface area contributed by atoms with Crippen LogP contribution in [0.3, 0.4) is 0 Å². The minimum absolute atomic E-state index is 0.0714. The summed E-state index contributed by atoms with van der Waals surface area (Å²) in [5.74, 6) is -0.651. The molecule has 148 valence electrons. The van der Waals surface area contributed by atoms with Gasteiger partial charge < -0.3 is 16.0 Å². The van der Waals surface area contributed by atoms with Crippen molar-refractivity contribution in [3.8, 4) is 0 Å². The third-order valence-electron chi connectivity index (χ3n) is 4.00. The van der Waals surface area contributed by atoms with E-state index < -0.39 is 6.04 Å². The highest BCUT2D eigenvalue weighted by Crippen LogP contribution is 2.21. The van der Waals surface area contributed by atoms with E-state index in [1.807, 2.05) is 13.8 Å². The summed E-state index contributed by atoms with van der Waals surface area (Å²) < 4.78 is 0. The topological polar surface area (TPSA) is 87.3 Å². The van der Waals surface area contributed by atoms with Crippen LogP contribution in [0.4, 0.5) is 11.4 Å². The fourth-order valence-corrected chi connectivity index (χ4v) is 2.64. The van der Waals surface area contributed by atoms with Crippen molar-refractivity contribution in [3.05, 3.63) is 59.1 Å². The summed E-state index contributed by atoms with van der Waals surface area (Å²) >= 11 is 5.90. The highest BCUT2D eigenvalue weighted by molar-refractivity contribution is 6.30. The van der Waals surface area contributed by atoms with E-state index in [2.05, 4.69) is 16.0 Å². The molecule has 3 amide bonds. The maximum absolute atomic E-state index is 12.4. The molecular weight excluding hydrogens is 378 g/mol. The number of hydrogen-bond donors (Lipinski definition) is 3. The monoisotopic (exact) mass is 401 g/mol. The van der Waals surface area contributed by atoms with Crippen molar-refractivity contribution in [2.45, 2.75) is 33.2 Å². The lowest BCUT2D eigenvalue weighted by Crippen LogP contribution is -2.29. The van der Waals surface area contributed by atoms with E-state index in [9.17, 15) is 14.4 Å². The summed E-state index contributed by atoms with van der Waals surface area (Å²) in [6, 6.07) is 13.4. The first-order chi connectivity index (χ1) is 13.2. The van der Waals surface area contributed by atoms with Crippen LogP contribution in [0.2, 0.25) is 5.02 Å². The van der Waals surface area contributed by atoms with Crippen LogP contribution in [0.25, 0.3) is 0 Å². The molecule has 0 saturated carbocycles. The Morgan fingerprint density at radius 2 is 1.43 bits per heavy atom. The lowest BCUT2D eigenvalue weighted by Gasteiger charge is -2.18. The Hall–Kier alpha value is -2.86. The summed E-state index contributed by atoms with van der Waals surface area (Å²) in [6.45, 7) is 5.04. The van der Waals surface area contributed by atoms with Crippen molar-refractivity contribution in [2.75, 3.05) is 10.6 Å². The summed E-state index contributed by atoms with van der Waals surface area (Å²) in [5.41, 5.74) is 2.06. The third kappa shape index (κ3) is 6.70. The molecule has 0 heterocycles. The molecule has 0 aliphatic rings. The predicted molar refractivity (Wildman–Crippen MR) is 111 cm³/mol. The summed E-state index contributed by atoms with van der Waals surface area (Å²) in [7, 11) is 0. The molecule has 1 atom stereocenters. The Morgan fingerprint density at radius 3 is 1.93 bits per heavy atom. The molecule has 3 N–H and O–H groups in total. The molecule has 0 fully saturated rings. The molecule has 0 aromatic heterocycles. The van der Waals surface area contributed by atoms with Crippen molar-refractivity contribution in [1.29, 1.82) is 0 Å². The first-order valence-electron chi connectivity index (χ1n) is 8.98. The van der Waals surface area contributed by atoms with Gasteiger partial charge in [0.05, 0.1) is 12.5 Å². The zero-order valence-corrected chi connectivity index (χ0v) is 16.8. The summed E-state index contributed by atoms with van der Waals surface area (Å²) in [4.78, 5) is 35.7. The fraction of sp³-hybridized carbons (Fsp3) is 0.286. The van der Waals surface area contributed by atoms with E-state index in [1.54, 1.807) is 48.5 Å². The predicted octanol–water partition coefficient (Wildman–Crippen LogP) is 4.14. The second-order valence-corrected chi connectivity index (χ2v) is 7.21. The largest absolute Gasteiger partial charge is 0.349 e. The number of rotatable bonds is 7. The van der Waals surface area contributed by atoms with Gasteiger partial charge in [-0.15, -0.1) is 0 Å². The van der Waals surface area contributed by atoms with E-state index in [-0.39, 0.29) is 30.1 Å². The molecule has 2 aromatic rings. The molecule has 1 unspecified atom stereocenters. The molecular formula is C21H24ClN3O3. The SMILES string of the molecule is CC(=O)NC(CC(=O)Nc1ccc(NC(=O)C(C)C)cc1)c1ccc(Cl)cc1. The highest BCUT2D eigenvalue weighted by Gasteiger charge is 2.17. The van der Waals surface area contributed by atoms with Gasteiger partial charge in [-0.1, -0.05) is 37.6 Å². The average Bonchev–Trinajstić information content (AvgIpc) is 2.63. The zero-order chi connectivity index (χ0) is 20.7. The first-order valence-corrected chi connectivity index (χ1v) is 9.35. The maximum Gasteiger partial charge on any atom is 0.226 e. The number of halogens is 1. The Labute approximate surface area is 169 Å². The Morgan fingerprint density at radius 1 is 0.893 bits per heavy atom. The minimum Gasteiger partial charge on any atom is -0.349 e. The summed E-state index contributed by atoms with van der Waals surface area (Å²) in [5, 5.41) is 8.96. The van der Waals surface area contributed by atoms with Crippen molar-refractivity contribution in [2.24, 2.45) is 5.92 Å². The highest BCUT2D eigenvalue weighted by atomic mass is 35.5. The van der Waals surface area contributed by atoms with Crippen molar-refractivity contribution in [1.82, 2.24) is 5.32 Å². The van der Waals surface area contributed by atoms with Crippen molar-refractivity contribution in [3.63, 3.8) is 0 Å². The number of carbonyl (C=O) groups excluding carboxylic acids is 3. The smallest absolute Gasteiger partial charge is 0.226 e. The molecule has 0 aliphatic heterocycles. The lowest BCUT2D eigenvalue weighted by atomic mass is 10.0. The van der Waals surface area contributed by atoms with Crippen LogP contribution in [0, 0.1) is 5.92 Å². The molecule has 0 spiro atoms. The van der Waals surface area contributed by atoms with Crippen LogP contribution in [0.5, 0.6) is 0 Å². The number of nitrogens with one attached hydrogen (secondary N) is 3. The quantitative estimate of drug-likeness (QED) is 0.651. The van der Waals surface area contributed by atoms with Crippen LogP contribution in [-0.4, -0.2) is 17.7 Å². The number of amides is 3. The zero-order valence-electron chi connectivity index (χ0n) is 16.1. The molecule has 0 aliphatic carbocycles. The van der Waals surface area contributed by atoms with Gasteiger partial charge in [-0.2, -0.15) is 0 Å². The minimum atomic E-state index is -0.459. The Bertz CT molecular complexity index is 833. The van der Waals surface area contributed by atoms with E-state index in [1.165, 1.54) is 6.92 Å². The van der Waals surface area contributed by atoms with Gasteiger partial charge >= 0.3 is 0 Å². The molecule has 2 rings (SSSR count). The van der Waals surface area contributed by atoms with Crippen molar-refractivity contribution >= 4 is 40.7 Å². The van der Waals surface area contributed by atoms with Crippen molar-refractivity contribution < 1.29 is 14.4 Å². The maximum atomic E-state index is 12.4. The molecule has 0 radical (unpaired) electrons. The van der Waals surface area contributed by atoms with E-state index in [0.717, 1.165) is 5.56 Å².